The van der Waals surface area contributed by atoms with Gasteiger partial charge in [0, 0.05) is 22.2 Å². The van der Waals surface area contributed by atoms with E-state index in [1.807, 2.05) is 26.0 Å². The Balaban J connectivity index is 1.97. The van der Waals surface area contributed by atoms with Crippen molar-refractivity contribution < 1.29 is 19.2 Å². The molecular formula is C20H18BrN3O5S. The molecule has 2 aromatic carbocycles. The number of aliphatic imine (C=N–C) groups is 1. The van der Waals surface area contributed by atoms with Crippen LogP contribution in [-0.4, -0.2) is 30.2 Å². The van der Waals surface area contributed by atoms with Crippen molar-refractivity contribution in [2.24, 2.45) is 4.99 Å². The van der Waals surface area contributed by atoms with Crippen LogP contribution < -0.4 is 14.8 Å². The minimum Gasteiger partial charge on any atom is -0.496 e. The standard InChI is InChI=1S/C20H18BrN3O5S/c1-10-5-13(6-11(2)18(10)21)22-20-23-19(25)17(30-20)8-12-7-14(24(26)27)16(29-4)9-15(12)28-3/h5-9H,1-4H3,(H,22,23,25)/b17-8-. The van der Waals surface area contributed by atoms with E-state index in [1.54, 1.807) is 0 Å². The highest BCUT2D eigenvalue weighted by Gasteiger charge is 2.26. The predicted octanol–water partition coefficient (Wildman–Crippen LogP) is 4.88. The predicted molar refractivity (Wildman–Crippen MR) is 121 cm³/mol. The number of hydrogen-bond donors (Lipinski definition) is 1. The van der Waals surface area contributed by atoms with Crippen LogP contribution in [0.2, 0.25) is 0 Å². The molecule has 1 aliphatic heterocycles. The number of hydrogen-bond acceptors (Lipinski definition) is 7. The van der Waals surface area contributed by atoms with Crippen LogP contribution in [0, 0.1) is 24.0 Å². The van der Waals surface area contributed by atoms with Crippen molar-refractivity contribution in [2.75, 3.05) is 14.2 Å². The van der Waals surface area contributed by atoms with Gasteiger partial charge in [-0.05, 0) is 54.9 Å². The van der Waals surface area contributed by atoms with Crippen LogP contribution in [0.15, 0.2) is 38.6 Å². The molecular weight excluding hydrogens is 474 g/mol. The summed E-state index contributed by atoms with van der Waals surface area (Å²) in [4.78, 5) is 28.0. The number of benzene rings is 2. The monoisotopic (exact) mass is 491 g/mol. The molecule has 0 aromatic heterocycles. The molecule has 1 heterocycles. The Hall–Kier alpha value is -2.85. The molecule has 0 saturated carbocycles. The van der Waals surface area contributed by atoms with Gasteiger partial charge in [-0.1, -0.05) is 15.9 Å². The third-order valence-electron chi connectivity index (χ3n) is 4.32. The summed E-state index contributed by atoms with van der Waals surface area (Å²) in [6, 6.07) is 6.56. The van der Waals surface area contributed by atoms with Crippen LogP contribution in [0.3, 0.4) is 0 Å². The molecule has 156 valence electrons. The van der Waals surface area contributed by atoms with Crippen molar-refractivity contribution in [1.82, 2.24) is 5.32 Å². The minimum atomic E-state index is -0.548. The lowest BCUT2D eigenvalue weighted by Crippen LogP contribution is -2.19. The number of halogens is 1. The van der Waals surface area contributed by atoms with Crippen LogP contribution in [0.5, 0.6) is 11.5 Å². The lowest BCUT2D eigenvalue weighted by atomic mass is 10.1. The molecule has 0 unspecified atom stereocenters. The van der Waals surface area contributed by atoms with Crippen LogP contribution >= 0.6 is 27.7 Å². The van der Waals surface area contributed by atoms with Crippen LogP contribution in [-0.2, 0) is 4.79 Å². The lowest BCUT2D eigenvalue weighted by Gasteiger charge is -2.08. The fraction of sp³-hybridized carbons (Fsp3) is 0.200. The molecule has 0 spiro atoms. The van der Waals surface area contributed by atoms with Gasteiger partial charge in [-0.15, -0.1) is 0 Å². The molecule has 0 aliphatic carbocycles. The number of ether oxygens (including phenoxy) is 2. The van der Waals surface area contributed by atoms with Crippen LogP contribution in [0.25, 0.3) is 6.08 Å². The van der Waals surface area contributed by atoms with Gasteiger partial charge in [0.1, 0.15) is 5.75 Å². The van der Waals surface area contributed by atoms with Crippen molar-refractivity contribution in [2.45, 2.75) is 13.8 Å². The van der Waals surface area contributed by atoms with E-state index in [9.17, 15) is 14.9 Å². The summed E-state index contributed by atoms with van der Waals surface area (Å²) in [5, 5.41) is 14.5. The van der Waals surface area contributed by atoms with E-state index in [4.69, 9.17) is 9.47 Å². The molecule has 0 bridgehead atoms. The summed E-state index contributed by atoms with van der Waals surface area (Å²) in [7, 11) is 2.78. The zero-order chi connectivity index (χ0) is 22.0. The molecule has 2 aromatic rings. The highest BCUT2D eigenvalue weighted by molar-refractivity contribution is 9.10. The zero-order valence-electron chi connectivity index (χ0n) is 16.6. The SMILES string of the molecule is COc1cc(OC)c([N+](=O)[O-])cc1/C=C1\SC(=Nc2cc(C)c(Br)c(C)c2)NC1=O. The molecule has 8 nitrogen and oxygen atoms in total. The number of nitrogens with one attached hydrogen (secondary N) is 1. The van der Waals surface area contributed by atoms with E-state index < -0.39 is 4.92 Å². The maximum atomic E-state index is 12.4. The fourth-order valence-electron chi connectivity index (χ4n) is 2.89. The first-order valence-electron chi connectivity index (χ1n) is 8.70. The van der Waals surface area contributed by atoms with Gasteiger partial charge >= 0.3 is 5.69 Å². The Kier molecular flexibility index (Phi) is 6.47. The number of amidine groups is 1. The van der Waals surface area contributed by atoms with Crippen molar-refractivity contribution in [3.05, 3.63) is 60.4 Å². The topological polar surface area (TPSA) is 103 Å². The first-order chi connectivity index (χ1) is 14.2. The Bertz CT molecular complexity index is 1090. The summed E-state index contributed by atoms with van der Waals surface area (Å²) in [5.74, 6) is 0.0819. The number of rotatable bonds is 5. The number of amides is 1. The quantitative estimate of drug-likeness (QED) is 0.363. The number of carbonyl (C=O) groups is 1. The third-order valence-corrected chi connectivity index (χ3v) is 6.48. The summed E-state index contributed by atoms with van der Waals surface area (Å²) >= 11 is 4.67. The number of nitro benzene ring substituents is 1. The molecule has 1 saturated heterocycles. The molecule has 1 aliphatic rings. The van der Waals surface area contributed by atoms with Crippen molar-refractivity contribution in [3.63, 3.8) is 0 Å². The number of carbonyl (C=O) groups excluding carboxylic acids is 1. The van der Waals surface area contributed by atoms with Gasteiger partial charge in [-0.2, -0.15) is 0 Å². The first kappa shape index (κ1) is 21.8. The second-order valence-electron chi connectivity index (χ2n) is 6.40. The van der Waals surface area contributed by atoms with E-state index in [1.165, 1.54) is 32.4 Å². The first-order valence-corrected chi connectivity index (χ1v) is 10.3. The second kappa shape index (κ2) is 8.88. The Morgan fingerprint density at radius 3 is 2.33 bits per heavy atom. The van der Waals surface area contributed by atoms with Gasteiger partial charge < -0.3 is 14.8 Å². The third kappa shape index (κ3) is 4.49. The molecule has 1 N–H and O–H groups in total. The fourth-order valence-corrected chi connectivity index (χ4v) is 3.95. The Morgan fingerprint density at radius 1 is 1.13 bits per heavy atom. The van der Waals surface area contributed by atoms with Gasteiger partial charge in [-0.25, -0.2) is 4.99 Å². The van der Waals surface area contributed by atoms with Gasteiger partial charge in [-0.3, -0.25) is 14.9 Å². The Morgan fingerprint density at radius 2 is 1.77 bits per heavy atom. The van der Waals surface area contributed by atoms with Gasteiger partial charge in [0.25, 0.3) is 5.91 Å². The number of thioether (sulfide) groups is 1. The zero-order valence-corrected chi connectivity index (χ0v) is 19.0. The highest BCUT2D eigenvalue weighted by Crippen LogP contribution is 2.37. The van der Waals surface area contributed by atoms with Gasteiger partial charge in [0.05, 0.1) is 29.7 Å². The van der Waals surface area contributed by atoms with E-state index in [0.717, 1.165) is 33.0 Å². The van der Waals surface area contributed by atoms with Crippen molar-refractivity contribution >= 4 is 56.2 Å². The molecule has 0 radical (unpaired) electrons. The van der Waals surface area contributed by atoms with E-state index in [0.29, 0.717) is 21.4 Å². The van der Waals surface area contributed by atoms with Gasteiger partial charge in [0.2, 0.25) is 5.75 Å². The maximum Gasteiger partial charge on any atom is 0.311 e. The number of nitrogens with zero attached hydrogens (tertiary/aromatic N) is 2. The maximum absolute atomic E-state index is 12.4. The molecule has 1 amide bonds. The van der Waals surface area contributed by atoms with E-state index in [-0.39, 0.29) is 17.3 Å². The van der Waals surface area contributed by atoms with E-state index in [2.05, 4.69) is 26.2 Å². The van der Waals surface area contributed by atoms with Gasteiger partial charge in [0.15, 0.2) is 5.17 Å². The van der Waals surface area contributed by atoms with E-state index >= 15 is 0 Å². The number of methoxy groups -OCH3 is 2. The lowest BCUT2D eigenvalue weighted by molar-refractivity contribution is -0.385. The summed E-state index contributed by atoms with van der Waals surface area (Å²) < 4.78 is 11.4. The van der Waals surface area contributed by atoms with Crippen LogP contribution in [0.1, 0.15) is 16.7 Å². The van der Waals surface area contributed by atoms with Crippen molar-refractivity contribution in [1.29, 1.82) is 0 Å². The number of nitro groups is 1. The molecule has 0 atom stereocenters. The van der Waals surface area contributed by atoms with Crippen molar-refractivity contribution in [3.8, 4) is 11.5 Å². The molecule has 3 rings (SSSR count). The highest BCUT2D eigenvalue weighted by atomic mass is 79.9. The van der Waals surface area contributed by atoms with Crippen LogP contribution in [0.4, 0.5) is 11.4 Å². The average Bonchev–Trinajstić information content (AvgIpc) is 3.04. The number of aryl methyl sites for hydroxylation is 2. The smallest absolute Gasteiger partial charge is 0.311 e. The summed E-state index contributed by atoms with van der Waals surface area (Å²) in [6.45, 7) is 3.94. The molecule has 1 fully saturated rings. The molecule has 10 heteroatoms. The summed E-state index contributed by atoms with van der Waals surface area (Å²) in [5.41, 5.74) is 2.96. The summed E-state index contributed by atoms with van der Waals surface area (Å²) in [6.07, 6.45) is 1.53. The average molecular weight is 492 g/mol. The normalized spacial score (nSPS) is 16.1. The Labute approximate surface area is 185 Å². The minimum absolute atomic E-state index is 0.0748. The second-order valence-corrected chi connectivity index (χ2v) is 8.22. The molecule has 30 heavy (non-hydrogen) atoms. The largest absolute Gasteiger partial charge is 0.496 e.